The zero-order valence-electron chi connectivity index (χ0n) is 9.77. The summed E-state index contributed by atoms with van der Waals surface area (Å²) in [4.78, 5) is 3.22. The molecule has 0 atom stereocenters. The van der Waals surface area contributed by atoms with Gasteiger partial charge in [-0.05, 0) is 14.1 Å². The van der Waals surface area contributed by atoms with Crippen molar-refractivity contribution in [3.8, 4) is 0 Å². The Kier molecular flexibility index (Phi) is 6.51. The molecule has 0 aromatic heterocycles. The van der Waals surface area contributed by atoms with E-state index in [1.807, 2.05) is 0 Å². The maximum absolute atomic E-state index is 10.5. The van der Waals surface area contributed by atoms with Gasteiger partial charge < -0.3 is 0 Å². The summed E-state index contributed by atoms with van der Waals surface area (Å²) >= 11 is 0. The van der Waals surface area contributed by atoms with Crippen LogP contribution in [0.25, 0.3) is 0 Å². The highest BCUT2D eigenvalue weighted by Gasteiger charge is 2.11. The lowest BCUT2D eigenvalue weighted by Crippen LogP contribution is -2.37. The molecule has 10 heteroatoms. The van der Waals surface area contributed by atoms with E-state index in [0.717, 1.165) is 0 Å². The predicted molar refractivity (Wildman–Crippen MR) is 63.0 cm³/mol. The van der Waals surface area contributed by atoms with Gasteiger partial charge >= 0.3 is 0 Å². The summed E-state index contributed by atoms with van der Waals surface area (Å²) in [7, 11) is -4.71. The molecule has 0 rings (SSSR count). The topological polar surface area (TPSA) is 115 Å². The van der Waals surface area contributed by atoms with E-state index in [1.54, 1.807) is 23.9 Å². The fourth-order valence-electron chi connectivity index (χ4n) is 1.10. The van der Waals surface area contributed by atoms with Crippen molar-refractivity contribution in [1.82, 2.24) is 9.80 Å². The fourth-order valence-corrected chi connectivity index (χ4v) is 2.18. The minimum Gasteiger partial charge on any atom is -0.292 e. The molecule has 0 aliphatic carbocycles. The van der Waals surface area contributed by atoms with Crippen LogP contribution in [-0.2, 0) is 20.2 Å². The third kappa shape index (κ3) is 12.0. The van der Waals surface area contributed by atoms with E-state index in [9.17, 15) is 16.8 Å². The fraction of sp³-hybridized carbons (Fsp3) is 1.00. The molecule has 0 saturated carbocycles. The van der Waals surface area contributed by atoms with E-state index >= 15 is 0 Å². The summed E-state index contributed by atoms with van der Waals surface area (Å²) < 4.78 is 59.0. The van der Waals surface area contributed by atoms with E-state index in [1.165, 1.54) is 0 Å². The third-order valence-corrected chi connectivity index (χ3v) is 3.34. The lowest BCUT2D eigenvalue weighted by atomic mass is 10.6. The average molecular weight is 290 g/mol. The molecular formula is C7H18N2O6S2. The van der Waals surface area contributed by atoms with Gasteiger partial charge in [0.15, 0.2) is 0 Å². The molecule has 17 heavy (non-hydrogen) atoms. The van der Waals surface area contributed by atoms with Crippen molar-refractivity contribution in [2.24, 2.45) is 0 Å². The molecule has 0 aliphatic heterocycles. The van der Waals surface area contributed by atoms with Gasteiger partial charge in [0.25, 0.3) is 20.2 Å². The maximum Gasteiger partial charge on any atom is 0.266 e. The first kappa shape index (κ1) is 16.7. The summed E-state index contributed by atoms with van der Waals surface area (Å²) in [6.07, 6.45) is 0. The van der Waals surface area contributed by atoms with E-state index in [2.05, 4.69) is 0 Å². The molecule has 0 aromatic carbocycles. The van der Waals surface area contributed by atoms with Gasteiger partial charge in [0.05, 0.1) is 18.2 Å². The zero-order chi connectivity index (χ0) is 13.7. The van der Waals surface area contributed by atoms with Crippen LogP contribution in [0.3, 0.4) is 0 Å². The van der Waals surface area contributed by atoms with Gasteiger partial charge in [-0.3, -0.25) is 18.9 Å². The highest BCUT2D eigenvalue weighted by Crippen LogP contribution is 1.92. The molecule has 0 radical (unpaired) electrons. The highest BCUT2D eigenvalue weighted by atomic mass is 32.2. The minimum atomic E-state index is -3.99. The molecule has 0 saturated heterocycles. The van der Waals surface area contributed by atoms with Gasteiger partial charge in [-0.15, -0.1) is 0 Å². The Bertz CT molecular complexity index is 378. The van der Waals surface area contributed by atoms with Gasteiger partial charge in [-0.1, -0.05) is 0 Å². The smallest absolute Gasteiger partial charge is 0.266 e. The monoisotopic (exact) mass is 290 g/mol. The van der Waals surface area contributed by atoms with E-state index in [-0.39, 0.29) is 24.6 Å². The normalized spacial score (nSPS) is 13.5. The second-order valence-electron chi connectivity index (χ2n) is 3.87. The Morgan fingerprint density at radius 2 is 1.12 bits per heavy atom. The lowest BCUT2D eigenvalue weighted by Gasteiger charge is -2.23. The van der Waals surface area contributed by atoms with Crippen LogP contribution in [-0.4, -0.2) is 81.1 Å². The Balaban J connectivity index is 3.92. The number of nitrogens with zero attached hydrogens (tertiary/aromatic N) is 2. The summed E-state index contributed by atoms with van der Waals surface area (Å²) in [5, 5.41) is 0. The van der Waals surface area contributed by atoms with Crippen LogP contribution < -0.4 is 0 Å². The highest BCUT2D eigenvalue weighted by molar-refractivity contribution is 7.86. The standard InChI is InChI=1S/C7H18N2O6S2/c1-8(3-5-16(10,11)12)7-9(2)4-6-17(13,14)15/h3-7H2,1-2H3,(H,10,11,12)(H,13,14,15). The van der Waals surface area contributed by atoms with Gasteiger partial charge in [0.2, 0.25) is 0 Å². The van der Waals surface area contributed by atoms with Crippen LogP contribution in [0.1, 0.15) is 0 Å². The van der Waals surface area contributed by atoms with Gasteiger partial charge in [0, 0.05) is 13.1 Å². The molecule has 0 aliphatic rings. The van der Waals surface area contributed by atoms with Crippen molar-refractivity contribution in [3.63, 3.8) is 0 Å². The molecule has 0 spiro atoms. The third-order valence-electron chi connectivity index (χ3n) is 1.94. The van der Waals surface area contributed by atoms with Gasteiger partial charge in [-0.2, -0.15) is 16.8 Å². The van der Waals surface area contributed by atoms with E-state index < -0.39 is 20.2 Å². The van der Waals surface area contributed by atoms with Crippen molar-refractivity contribution >= 4 is 20.2 Å². The van der Waals surface area contributed by atoms with Crippen molar-refractivity contribution in [3.05, 3.63) is 0 Å². The molecule has 0 heterocycles. The van der Waals surface area contributed by atoms with Crippen molar-refractivity contribution in [2.45, 2.75) is 0 Å². The lowest BCUT2D eigenvalue weighted by molar-refractivity contribution is 0.196. The molecule has 8 nitrogen and oxygen atoms in total. The molecule has 0 fully saturated rings. The number of hydrogen-bond acceptors (Lipinski definition) is 6. The van der Waals surface area contributed by atoms with E-state index in [0.29, 0.717) is 6.67 Å². The first-order valence-electron chi connectivity index (χ1n) is 4.77. The summed E-state index contributed by atoms with van der Waals surface area (Å²) in [6.45, 7) is 0.592. The number of hydrogen-bond donors (Lipinski definition) is 2. The summed E-state index contributed by atoms with van der Waals surface area (Å²) in [5.74, 6) is -0.759. The molecular weight excluding hydrogens is 272 g/mol. The quantitative estimate of drug-likeness (QED) is 0.413. The summed E-state index contributed by atoms with van der Waals surface area (Å²) in [6, 6.07) is 0. The van der Waals surface area contributed by atoms with Crippen LogP contribution in [0, 0.1) is 0 Å². The Morgan fingerprint density at radius 3 is 1.35 bits per heavy atom. The largest absolute Gasteiger partial charge is 0.292 e. The van der Waals surface area contributed by atoms with Crippen LogP contribution >= 0.6 is 0 Å². The van der Waals surface area contributed by atoms with Crippen molar-refractivity contribution in [2.75, 3.05) is 45.4 Å². The molecule has 104 valence electrons. The molecule has 2 N–H and O–H groups in total. The molecule has 0 aromatic rings. The van der Waals surface area contributed by atoms with E-state index in [4.69, 9.17) is 9.11 Å². The molecule has 0 unspecified atom stereocenters. The maximum atomic E-state index is 10.5. The summed E-state index contributed by atoms with van der Waals surface area (Å²) in [5.41, 5.74) is 0. The Labute approximate surface area is 102 Å². The van der Waals surface area contributed by atoms with Crippen LogP contribution in [0.4, 0.5) is 0 Å². The Morgan fingerprint density at radius 1 is 0.824 bits per heavy atom. The molecule has 0 bridgehead atoms. The SMILES string of the molecule is CN(CCS(=O)(=O)O)CN(C)CCS(=O)(=O)O. The second-order valence-corrected chi connectivity index (χ2v) is 7.02. The first-order chi connectivity index (χ1) is 7.49. The zero-order valence-corrected chi connectivity index (χ0v) is 11.4. The molecule has 0 amide bonds. The van der Waals surface area contributed by atoms with Crippen molar-refractivity contribution < 1.29 is 25.9 Å². The second kappa shape index (κ2) is 6.61. The average Bonchev–Trinajstić information content (AvgIpc) is 2.09. The van der Waals surface area contributed by atoms with Crippen LogP contribution in [0.15, 0.2) is 0 Å². The Hall–Kier alpha value is -0.260. The van der Waals surface area contributed by atoms with Gasteiger partial charge in [0.1, 0.15) is 0 Å². The number of rotatable bonds is 8. The van der Waals surface area contributed by atoms with Gasteiger partial charge in [-0.25, -0.2) is 0 Å². The van der Waals surface area contributed by atoms with Crippen LogP contribution in [0.2, 0.25) is 0 Å². The first-order valence-corrected chi connectivity index (χ1v) is 7.99. The minimum absolute atomic E-state index is 0.134. The van der Waals surface area contributed by atoms with Crippen molar-refractivity contribution in [1.29, 1.82) is 0 Å². The predicted octanol–water partition coefficient (Wildman–Crippen LogP) is -1.42. The van der Waals surface area contributed by atoms with Crippen LogP contribution in [0.5, 0.6) is 0 Å².